The van der Waals surface area contributed by atoms with Crippen LogP contribution in [0.5, 0.6) is 5.75 Å². The lowest BCUT2D eigenvalue weighted by Gasteiger charge is -2.15. The van der Waals surface area contributed by atoms with E-state index in [-0.39, 0.29) is 24.0 Å². The highest BCUT2D eigenvalue weighted by molar-refractivity contribution is 14.0. The van der Waals surface area contributed by atoms with Crippen molar-refractivity contribution in [3.8, 4) is 5.75 Å². The minimum atomic E-state index is 0. The second-order valence-corrected chi connectivity index (χ2v) is 3.83. The van der Waals surface area contributed by atoms with Crippen LogP contribution in [0.25, 0.3) is 0 Å². The molecule has 1 N–H and O–H groups in total. The first kappa shape index (κ1) is 14.1. The van der Waals surface area contributed by atoms with Crippen LogP contribution in [0, 0.1) is 0 Å². The molecule has 0 bridgehead atoms. The molecule has 94 valence electrons. The van der Waals surface area contributed by atoms with Gasteiger partial charge in [0.25, 0.3) is 0 Å². The first-order valence-electron chi connectivity index (χ1n) is 5.42. The van der Waals surface area contributed by atoms with E-state index < -0.39 is 0 Å². The number of rotatable bonds is 3. The summed E-state index contributed by atoms with van der Waals surface area (Å²) in [6, 6.07) is 8.05. The molecule has 0 amide bonds. The number of benzene rings is 1. The molecule has 1 aromatic rings. The van der Waals surface area contributed by atoms with Gasteiger partial charge in [0.05, 0.1) is 13.7 Å². The summed E-state index contributed by atoms with van der Waals surface area (Å²) in [6.45, 7) is 2.69. The normalized spacial score (nSPS) is 14.0. The zero-order chi connectivity index (χ0) is 11.4. The Labute approximate surface area is 119 Å². The Hall–Kier alpha value is -0.980. The fourth-order valence-corrected chi connectivity index (χ4v) is 1.65. The molecular weight excluding hydrogens is 329 g/mol. The van der Waals surface area contributed by atoms with Crippen molar-refractivity contribution in [1.82, 2.24) is 10.2 Å². The van der Waals surface area contributed by atoms with Gasteiger partial charge >= 0.3 is 0 Å². The molecule has 0 aliphatic carbocycles. The lowest BCUT2D eigenvalue weighted by atomic mass is 10.2. The van der Waals surface area contributed by atoms with Crippen LogP contribution in [0.2, 0.25) is 0 Å². The number of nitrogens with zero attached hydrogens (tertiary/aromatic N) is 2. The summed E-state index contributed by atoms with van der Waals surface area (Å²) in [5.41, 5.74) is 1.23. The summed E-state index contributed by atoms with van der Waals surface area (Å²) >= 11 is 0. The quantitative estimate of drug-likeness (QED) is 0.846. The van der Waals surface area contributed by atoms with Crippen LogP contribution in [-0.2, 0) is 6.54 Å². The van der Waals surface area contributed by atoms with Crippen LogP contribution >= 0.6 is 24.0 Å². The Bertz CT molecular complexity index is 378. The van der Waals surface area contributed by atoms with E-state index in [1.54, 1.807) is 7.11 Å². The molecule has 0 radical (unpaired) electrons. The molecule has 0 atom stereocenters. The molecule has 2 rings (SSSR count). The number of ether oxygens (including phenoxy) is 1. The number of halogens is 1. The van der Waals surface area contributed by atoms with Gasteiger partial charge in [-0.05, 0) is 17.7 Å². The van der Waals surface area contributed by atoms with Gasteiger partial charge in [-0.3, -0.25) is 4.99 Å². The van der Waals surface area contributed by atoms with Crippen molar-refractivity contribution >= 4 is 29.9 Å². The summed E-state index contributed by atoms with van der Waals surface area (Å²) in [5, 5.41) is 3.32. The van der Waals surface area contributed by atoms with Crippen LogP contribution in [0.4, 0.5) is 0 Å². The van der Waals surface area contributed by atoms with E-state index in [4.69, 9.17) is 4.74 Å². The Morgan fingerprint density at radius 1 is 1.35 bits per heavy atom. The van der Waals surface area contributed by atoms with Gasteiger partial charge in [0.1, 0.15) is 5.75 Å². The molecule has 17 heavy (non-hydrogen) atoms. The first-order valence-corrected chi connectivity index (χ1v) is 5.42. The summed E-state index contributed by atoms with van der Waals surface area (Å²) in [6.07, 6.45) is 0. The highest BCUT2D eigenvalue weighted by Crippen LogP contribution is 2.11. The van der Waals surface area contributed by atoms with Gasteiger partial charge in [-0.2, -0.15) is 0 Å². The Kier molecular flexibility index (Phi) is 5.54. The van der Waals surface area contributed by atoms with Gasteiger partial charge in [0.2, 0.25) is 0 Å². The smallest absolute Gasteiger partial charge is 0.194 e. The number of hydrogen-bond donors (Lipinski definition) is 1. The molecule has 1 aliphatic rings. The molecule has 0 spiro atoms. The maximum atomic E-state index is 5.11. The predicted octanol–water partition coefficient (Wildman–Crippen LogP) is 1.70. The highest BCUT2D eigenvalue weighted by Gasteiger charge is 2.10. The zero-order valence-corrected chi connectivity index (χ0v) is 12.5. The number of guanidine groups is 1. The summed E-state index contributed by atoms with van der Waals surface area (Å²) in [7, 11) is 3.72. The minimum Gasteiger partial charge on any atom is -0.497 e. The maximum absolute atomic E-state index is 5.11. The van der Waals surface area contributed by atoms with Gasteiger partial charge in [-0.1, -0.05) is 12.1 Å². The second-order valence-electron chi connectivity index (χ2n) is 3.83. The van der Waals surface area contributed by atoms with E-state index in [1.165, 1.54) is 5.56 Å². The average molecular weight is 347 g/mol. The van der Waals surface area contributed by atoms with E-state index in [1.807, 2.05) is 19.2 Å². The number of nitrogens with one attached hydrogen (secondary N) is 1. The monoisotopic (exact) mass is 347 g/mol. The topological polar surface area (TPSA) is 36.9 Å². The first-order chi connectivity index (χ1) is 7.79. The molecule has 5 heteroatoms. The third-order valence-electron chi connectivity index (χ3n) is 2.67. The molecule has 1 aromatic carbocycles. The number of aliphatic imine (C=N–C) groups is 1. The van der Waals surface area contributed by atoms with E-state index in [0.717, 1.165) is 31.3 Å². The van der Waals surface area contributed by atoms with Gasteiger partial charge in [0, 0.05) is 20.1 Å². The van der Waals surface area contributed by atoms with Crippen molar-refractivity contribution in [1.29, 1.82) is 0 Å². The molecule has 1 aliphatic heterocycles. The largest absolute Gasteiger partial charge is 0.497 e. The summed E-state index contributed by atoms with van der Waals surface area (Å²) in [4.78, 5) is 6.50. The molecule has 0 fully saturated rings. The van der Waals surface area contributed by atoms with Crippen molar-refractivity contribution in [3.63, 3.8) is 0 Å². The van der Waals surface area contributed by atoms with Gasteiger partial charge in [-0.25, -0.2) is 0 Å². The van der Waals surface area contributed by atoms with Gasteiger partial charge in [0.15, 0.2) is 5.96 Å². The predicted molar refractivity (Wildman–Crippen MR) is 80.2 cm³/mol. The van der Waals surface area contributed by atoms with Gasteiger partial charge in [-0.15, -0.1) is 24.0 Å². The molecule has 0 saturated heterocycles. The lowest BCUT2D eigenvalue weighted by Crippen LogP contribution is -2.35. The van der Waals surface area contributed by atoms with E-state index in [9.17, 15) is 0 Å². The lowest BCUT2D eigenvalue weighted by molar-refractivity contribution is 0.414. The van der Waals surface area contributed by atoms with Crippen LogP contribution in [0.15, 0.2) is 29.3 Å². The zero-order valence-electron chi connectivity index (χ0n) is 10.1. The van der Waals surface area contributed by atoms with Crippen molar-refractivity contribution < 1.29 is 4.74 Å². The van der Waals surface area contributed by atoms with Crippen LogP contribution in [0.3, 0.4) is 0 Å². The van der Waals surface area contributed by atoms with E-state index >= 15 is 0 Å². The van der Waals surface area contributed by atoms with Crippen molar-refractivity contribution in [3.05, 3.63) is 29.8 Å². The average Bonchev–Trinajstić information content (AvgIpc) is 2.73. The number of likely N-dealkylation sites (N-methyl/N-ethyl adjacent to an activating group) is 1. The van der Waals surface area contributed by atoms with Gasteiger partial charge < -0.3 is 15.0 Å². The third kappa shape index (κ3) is 3.76. The standard InChI is InChI=1S/C12H17N3O.HI/c1-15-8-7-13-12(15)14-9-10-3-5-11(16-2)6-4-10;/h3-6H,7-9H2,1-2H3,(H,13,14);1H. The minimum absolute atomic E-state index is 0. The number of methoxy groups -OCH3 is 1. The molecular formula is C12H18IN3O. The van der Waals surface area contributed by atoms with Crippen molar-refractivity contribution in [2.75, 3.05) is 27.2 Å². The Morgan fingerprint density at radius 3 is 2.59 bits per heavy atom. The molecule has 0 aromatic heterocycles. The van der Waals surface area contributed by atoms with E-state index in [0.29, 0.717) is 0 Å². The Morgan fingerprint density at radius 2 is 2.06 bits per heavy atom. The highest BCUT2D eigenvalue weighted by atomic mass is 127. The van der Waals surface area contributed by atoms with Crippen molar-refractivity contribution in [2.24, 2.45) is 4.99 Å². The fraction of sp³-hybridized carbons (Fsp3) is 0.417. The maximum Gasteiger partial charge on any atom is 0.194 e. The van der Waals surface area contributed by atoms with Crippen LogP contribution < -0.4 is 10.1 Å². The SMILES string of the molecule is COc1ccc(CNC2=NCCN2C)cc1.I. The Balaban J connectivity index is 0.00000144. The molecule has 0 saturated carbocycles. The molecule has 0 unspecified atom stereocenters. The summed E-state index contributed by atoms with van der Waals surface area (Å²) in [5.74, 6) is 1.87. The van der Waals surface area contributed by atoms with Crippen LogP contribution in [-0.4, -0.2) is 38.1 Å². The molecule has 4 nitrogen and oxygen atoms in total. The second kappa shape index (κ2) is 6.68. The van der Waals surface area contributed by atoms with Crippen molar-refractivity contribution in [2.45, 2.75) is 6.54 Å². The van der Waals surface area contributed by atoms with E-state index in [2.05, 4.69) is 27.3 Å². The fourth-order valence-electron chi connectivity index (χ4n) is 1.65. The third-order valence-corrected chi connectivity index (χ3v) is 2.67. The molecule has 1 heterocycles. The number of hydrogen-bond acceptors (Lipinski definition) is 4. The van der Waals surface area contributed by atoms with Crippen LogP contribution in [0.1, 0.15) is 5.56 Å². The summed E-state index contributed by atoms with van der Waals surface area (Å²) < 4.78 is 5.11.